The van der Waals surface area contributed by atoms with Crippen LogP contribution in [0.15, 0.2) is 18.2 Å². The van der Waals surface area contributed by atoms with E-state index in [1.165, 1.54) is 0 Å². The quantitative estimate of drug-likeness (QED) is 0.762. The van der Waals surface area contributed by atoms with Crippen LogP contribution in [0.5, 0.6) is 0 Å². The largest absolute Gasteiger partial charge is 0.392 e. The maximum atomic E-state index is 9.08. The van der Waals surface area contributed by atoms with Crippen LogP contribution in [0.2, 0.25) is 0 Å². The minimum atomic E-state index is -0.388. The van der Waals surface area contributed by atoms with Gasteiger partial charge in [0, 0.05) is 12.2 Å². The van der Waals surface area contributed by atoms with Gasteiger partial charge >= 0.3 is 0 Å². The van der Waals surface area contributed by atoms with Gasteiger partial charge in [0.15, 0.2) is 0 Å². The van der Waals surface area contributed by atoms with E-state index in [1.54, 1.807) is 13.0 Å². The standard InChI is InChI=1S/C11H14N2O/c1-8-3-10(6-12)5-11(4-8)13-7-9(2)14/h3-5,9,13-14H,7H2,1-2H3. The Labute approximate surface area is 84.0 Å². The predicted octanol–water partition coefficient (Wildman–Crippen LogP) is 1.66. The molecule has 1 rings (SSSR count). The Morgan fingerprint density at radius 1 is 1.50 bits per heavy atom. The van der Waals surface area contributed by atoms with Crippen LogP contribution in [0.3, 0.4) is 0 Å². The Balaban J connectivity index is 2.78. The number of hydrogen-bond acceptors (Lipinski definition) is 3. The lowest BCUT2D eigenvalue weighted by Crippen LogP contribution is -2.15. The monoisotopic (exact) mass is 190 g/mol. The molecule has 0 spiro atoms. The van der Waals surface area contributed by atoms with Gasteiger partial charge in [-0.15, -0.1) is 0 Å². The molecular formula is C11H14N2O. The van der Waals surface area contributed by atoms with E-state index in [0.29, 0.717) is 12.1 Å². The van der Waals surface area contributed by atoms with E-state index in [2.05, 4.69) is 11.4 Å². The van der Waals surface area contributed by atoms with Crippen LogP contribution >= 0.6 is 0 Å². The summed E-state index contributed by atoms with van der Waals surface area (Å²) in [6, 6.07) is 7.64. The Morgan fingerprint density at radius 2 is 2.21 bits per heavy atom. The highest BCUT2D eigenvalue weighted by Crippen LogP contribution is 2.13. The number of anilines is 1. The number of nitrogens with one attached hydrogen (secondary N) is 1. The lowest BCUT2D eigenvalue weighted by atomic mass is 10.1. The van der Waals surface area contributed by atoms with Crippen molar-refractivity contribution in [3.8, 4) is 6.07 Å². The van der Waals surface area contributed by atoms with Crippen LogP contribution in [-0.4, -0.2) is 17.8 Å². The van der Waals surface area contributed by atoms with E-state index in [-0.39, 0.29) is 6.10 Å². The zero-order chi connectivity index (χ0) is 10.6. The highest BCUT2D eigenvalue weighted by atomic mass is 16.3. The van der Waals surface area contributed by atoms with Gasteiger partial charge in [0.25, 0.3) is 0 Å². The van der Waals surface area contributed by atoms with E-state index in [9.17, 15) is 0 Å². The van der Waals surface area contributed by atoms with Crippen molar-refractivity contribution < 1.29 is 5.11 Å². The molecule has 0 aliphatic rings. The van der Waals surface area contributed by atoms with Gasteiger partial charge in [0.2, 0.25) is 0 Å². The summed E-state index contributed by atoms with van der Waals surface area (Å²) in [4.78, 5) is 0. The van der Waals surface area contributed by atoms with Crippen LogP contribution < -0.4 is 5.32 Å². The first kappa shape index (κ1) is 10.6. The molecule has 1 unspecified atom stereocenters. The first-order chi connectivity index (χ1) is 6.61. The van der Waals surface area contributed by atoms with Crippen molar-refractivity contribution in [3.63, 3.8) is 0 Å². The van der Waals surface area contributed by atoms with Crippen molar-refractivity contribution in [2.45, 2.75) is 20.0 Å². The minimum absolute atomic E-state index is 0.388. The fourth-order valence-electron chi connectivity index (χ4n) is 1.22. The van der Waals surface area contributed by atoms with Crippen LogP contribution in [0.1, 0.15) is 18.1 Å². The predicted molar refractivity (Wildman–Crippen MR) is 56.1 cm³/mol. The molecule has 0 aromatic heterocycles. The summed E-state index contributed by atoms with van der Waals surface area (Å²) in [6.45, 7) is 4.15. The third kappa shape index (κ3) is 3.08. The fraction of sp³-hybridized carbons (Fsp3) is 0.364. The molecule has 1 atom stereocenters. The van der Waals surface area contributed by atoms with E-state index in [1.807, 2.05) is 19.1 Å². The van der Waals surface area contributed by atoms with E-state index < -0.39 is 0 Å². The average Bonchev–Trinajstić information content (AvgIpc) is 2.14. The highest BCUT2D eigenvalue weighted by molar-refractivity contribution is 5.51. The number of rotatable bonds is 3. The number of nitriles is 1. The molecule has 3 nitrogen and oxygen atoms in total. The maximum absolute atomic E-state index is 9.08. The Bertz CT molecular complexity index is 353. The average molecular weight is 190 g/mol. The topological polar surface area (TPSA) is 56.0 Å². The number of aryl methyl sites for hydroxylation is 1. The van der Waals surface area contributed by atoms with Crippen LogP contribution in [0.25, 0.3) is 0 Å². The molecule has 0 aliphatic carbocycles. The molecule has 0 fully saturated rings. The van der Waals surface area contributed by atoms with Crippen LogP contribution in [-0.2, 0) is 0 Å². The second-order valence-electron chi connectivity index (χ2n) is 3.43. The summed E-state index contributed by atoms with van der Waals surface area (Å²) in [5, 5.41) is 20.9. The summed E-state index contributed by atoms with van der Waals surface area (Å²) in [5.41, 5.74) is 2.55. The second-order valence-corrected chi connectivity index (χ2v) is 3.43. The number of aliphatic hydroxyl groups excluding tert-OH is 1. The summed E-state index contributed by atoms with van der Waals surface area (Å²) >= 11 is 0. The Morgan fingerprint density at radius 3 is 2.79 bits per heavy atom. The third-order valence-electron chi connectivity index (χ3n) is 1.81. The molecule has 0 aliphatic heterocycles. The van der Waals surface area contributed by atoms with Gasteiger partial charge in [-0.1, -0.05) is 0 Å². The fourth-order valence-corrected chi connectivity index (χ4v) is 1.22. The minimum Gasteiger partial charge on any atom is -0.392 e. The maximum Gasteiger partial charge on any atom is 0.0992 e. The first-order valence-corrected chi connectivity index (χ1v) is 4.55. The van der Waals surface area contributed by atoms with E-state index in [4.69, 9.17) is 10.4 Å². The molecule has 14 heavy (non-hydrogen) atoms. The normalized spacial score (nSPS) is 11.9. The van der Waals surface area contributed by atoms with Crippen LogP contribution in [0.4, 0.5) is 5.69 Å². The smallest absolute Gasteiger partial charge is 0.0992 e. The molecule has 0 saturated heterocycles. The van der Waals surface area contributed by atoms with Gasteiger partial charge in [-0.05, 0) is 37.6 Å². The summed E-state index contributed by atoms with van der Waals surface area (Å²) in [7, 11) is 0. The summed E-state index contributed by atoms with van der Waals surface area (Å²) < 4.78 is 0. The number of hydrogen-bond donors (Lipinski definition) is 2. The molecule has 0 amide bonds. The van der Waals surface area contributed by atoms with Gasteiger partial charge in [-0.25, -0.2) is 0 Å². The molecule has 1 aromatic carbocycles. The van der Waals surface area contributed by atoms with Crippen molar-refractivity contribution in [1.82, 2.24) is 0 Å². The molecule has 1 aromatic rings. The zero-order valence-corrected chi connectivity index (χ0v) is 8.41. The molecule has 0 heterocycles. The SMILES string of the molecule is Cc1cc(C#N)cc(NCC(C)O)c1. The second kappa shape index (κ2) is 4.64. The molecule has 74 valence electrons. The molecule has 0 bridgehead atoms. The van der Waals surface area contributed by atoms with Crippen molar-refractivity contribution in [2.75, 3.05) is 11.9 Å². The van der Waals surface area contributed by atoms with Crippen molar-refractivity contribution >= 4 is 5.69 Å². The van der Waals surface area contributed by atoms with Crippen molar-refractivity contribution in [1.29, 1.82) is 5.26 Å². The van der Waals surface area contributed by atoms with Gasteiger partial charge in [0.1, 0.15) is 0 Å². The third-order valence-corrected chi connectivity index (χ3v) is 1.81. The molecule has 0 radical (unpaired) electrons. The molecule has 3 heteroatoms. The van der Waals surface area contributed by atoms with Gasteiger partial charge in [-0.3, -0.25) is 0 Å². The van der Waals surface area contributed by atoms with E-state index in [0.717, 1.165) is 11.3 Å². The molecule has 2 N–H and O–H groups in total. The summed E-state index contributed by atoms with van der Waals surface area (Å²) in [5.74, 6) is 0. The van der Waals surface area contributed by atoms with Crippen LogP contribution in [0, 0.1) is 18.3 Å². The van der Waals surface area contributed by atoms with Crippen molar-refractivity contribution in [3.05, 3.63) is 29.3 Å². The van der Waals surface area contributed by atoms with E-state index >= 15 is 0 Å². The molecule has 0 saturated carbocycles. The lowest BCUT2D eigenvalue weighted by Gasteiger charge is -2.09. The first-order valence-electron chi connectivity index (χ1n) is 4.55. The summed E-state index contributed by atoms with van der Waals surface area (Å²) in [6.07, 6.45) is -0.388. The van der Waals surface area contributed by atoms with Crippen molar-refractivity contribution in [2.24, 2.45) is 0 Å². The number of aliphatic hydroxyl groups is 1. The lowest BCUT2D eigenvalue weighted by molar-refractivity contribution is 0.208. The van der Waals surface area contributed by atoms with Gasteiger partial charge < -0.3 is 10.4 Å². The van der Waals surface area contributed by atoms with Gasteiger partial charge in [0.05, 0.1) is 17.7 Å². The number of nitrogens with zero attached hydrogens (tertiary/aromatic N) is 1. The molecular weight excluding hydrogens is 176 g/mol. The zero-order valence-electron chi connectivity index (χ0n) is 8.41. The Kier molecular flexibility index (Phi) is 3.49. The Hall–Kier alpha value is -1.53. The van der Waals surface area contributed by atoms with Gasteiger partial charge in [-0.2, -0.15) is 5.26 Å². The number of benzene rings is 1. The highest BCUT2D eigenvalue weighted by Gasteiger charge is 1.99.